The Morgan fingerprint density at radius 3 is 2.06 bits per heavy atom. The van der Waals surface area contributed by atoms with Crippen LogP contribution in [0.15, 0.2) is 83.8 Å². The molecular weight excluding hydrogens is 455 g/mol. The molecule has 0 spiro atoms. The van der Waals surface area contributed by atoms with Gasteiger partial charge in [-0.3, -0.25) is 9.10 Å². The van der Waals surface area contributed by atoms with E-state index in [0.717, 1.165) is 9.87 Å². The Balaban J connectivity index is 1.84. The summed E-state index contributed by atoms with van der Waals surface area (Å²) in [6.07, 6.45) is 0. The number of sulfonamides is 1. The Kier molecular flexibility index (Phi) is 7.59. The molecule has 0 saturated carbocycles. The molecule has 1 amide bonds. The second kappa shape index (κ2) is 10.2. The average molecular weight is 477 g/mol. The van der Waals surface area contributed by atoms with E-state index in [1.807, 2.05) is 37.3 Å². The van der Waals surface area contributed by atoms with Gasteiger partial charge in [-0.05, 0) is 41.8 Å². The summed E-state index contributed by atoms with van der Waals surface area (Å²) in [5, 5.41) is 3.37. The van der Waals surface area contributed by atoms with Gasteiger partial charge in [-0.1, -0.05) is 78.7 Å². The number of rotatable bonds is 8. The summed E-state index contributed by atoms with van der Waals surface area (Å²) in [6, 6.07) is 22.1. The van der Waals surface area contributed by atoms with E-state index in [4.69, 9.17) is 23.2 Å². The van der Waals surface area contributed by atoms with Gasteiger partial charge in [0, 0.05) is 16.6 Å². The topological polar surface area (TPSA) is 66.5 Å². The molecule has 0 aliphatic carbocycles. The molecule has 3 aromatic carbocycles. The van der Waals surface area contributed by atoms with E-state index < -0.39 is 22.5 Å². The molecule has 0 aromatic heterocycles. The highest BCUT2D eigenvalue weighted by molar-refractivity contribution is 7.92. The van der Waals surface area contributed by atoms with Gasteiger partial charge in [-0.15, -0.1) is 0 Å². The van der Waals surface area contributed by atoms with Crippen LogP contribution >= 0.6 is 23.2 Å². The van der Waals surface area contributed by atoms with Crippen LogP contribution < -0.4 is 9.62 Å². The van der Waals surface area contributed by atoms with Gasteiger partial charge in [0.25, 0.3) is 10.0 Å². The molecule has 0 saturated heterocycles. The predicted molar refractivity (Wildman–Crippen MR) is 125 cm³/mol. The normalized spacial score (nSPS) is 12.2. The summed E-state index contributed by atoms with van der Waals surface area (Å²) in [5.74, 6) is -0.358. The van der Waals surface area contributed by atoms with Gasteiger partial charge in [0.15, 0.2) is 0 Å². The predicted octanol–water partition coefficient (Wildman–Crippen LogP) is 5.11. The number of anilines is 1. The molecule has 0 radical (unpaired) electrons. The van der Waals surface area contributed by atoms with Crippen molar-refractivity contribution in [3.63, 3.8) is 0 Å². The van der Waals surface area contributed by atoms with Crippen LogP contribution in [-0.2, 0) is 14.8 Å². The molecule has 8 heteroatoms. The number of carbonyl (C=O) groups is 1. The van der Waals surface area contributed by atoms with E-state index in [0.29, 0.717) is 6.54 Å². The molecule has 1 N–H and O–H groups in total. The van der Waals surface area contributed by atoms with Crippen LogP contribution in [0.25, 0.3) is 0 Å². The summed E-state index contributed by atoms with van der Waals surface area (Å²) < 4.78 is 27.6. The first-order valence-electron chi connectivity index (χ1n) is 9.63. The lowest BCUT2D eigenvalue weighted by atomic mass is 10.0. The van der Waals surface area contributed by atoms with Crippen LogP contribution in [0.5, 0.6) is 0 Å². The Morgan fingerprint density at radius 2 is 1.48 bits per heavy atom. The molecular formula is C23H22Cl2N2O3S. The number of hydrogen-bond acceptors (Lipinski definition) is 3. The molecule has 3 rings (SSSR count). The standard InChI is InChI=1S/C23H22Cl2N2O3S/c1-17(18-8-4-2-5-9-18)15-26-23(28)16-27(21-13-19(24)12-20(25)14-21)31(29,30)22-10-6-3-7-11-22/h2-14,17H,15-16H2,1H3,(H,26,28). The lowest BCUT2D eigenvalue weighted by molar-refractivity contribution is -0.119. The first-order chi connectivity index (χ1) is 14.8. The zero-order valence-electron chi connectivity index (χ0n) is 16.8. The third-order valence-electron chi connectivity index (χ3n) is 4.73. The van der Waals surface area contributed by atoms with E-state index >= 15 is 0 Å². The molecule has 3 aromatic rings. The van der Waals surface area contributed by atoms with Crippen molar-refractivity contribution in [3.05, 3.63) is 94.5 Å². The highest BCUT2D eigenvalue weighted by Crippen LogP contribution is 2.29. The number of halogens is 2. The van der Waals surface area contributed by atoms with Crippen molar-refractivity contribution < 1.29 is 13.2 Å². The van der Waals surface area contributed by atoms with Crippen LogP contribution in [0.1, 0.15) is 18.4 Å². The van der Waals surface area contributed by atoms with Crippen LogP contribution in [0.2, 0.25) is 10.0 Å². The van der Waals surface area contributed by atoms with Crippen molar-refractivity contribution in [2.75, 3.05) is 17.4 Å². The van der Waals surface area contributed by atoms with E-state index in [1.54, 1.807) is 18.2 Å². The molecule has 0 bridgehead atoms. The Morgan fingerprint density at radius 1 is 0.935 bits per heavy atom. The third-order valence-corrected chi connectivity index (χ3v) is 6.95. The number of nitrogens with zero attached hydrogens (tertiary/aromatic N) is 1. The van der Waals surface area contributed by atoms with E-state index in [2.05, 4.69) is 5.32 Å². The first kappa shape index (κ1) is 23.1. The van der Waals surface area contributed by atoms with Crippen molar-refractivity contribution >= 4 is 44.8 Å². The number of nitrogens with one attached hydrogen (secondary N) is 1. The largest absolute Gasteiger partial charge is 0.354 e. The van der Waals surface area contributed by atoms with Gasteiger partial charge in [0.1, 0.15) is 6.54 Å². The van der Waals surface area contributed by atoms with Crippen LogP contribution in [-0.4, -0.2) is 27.4 Å². The molecule has 0 fully saturated rings. The average Bonchev–Trinajstić information content (AvgIpc) is 2.76. The molecule has 162 valence electrons. The maximum atomic E-state index is 13.3. The van der Waals surface area contributed by atoms with Crippen LogP contribution in [0.4, 0.5) is 5.69 Å². The van der Waals surface area contributed by atoms with Crippen molar-refractivity contribution in [3.8, 4) is 0 Å². The molecule has 0 aliphatic heterocycles. The minimum absolute atomic E-state index is 0.0663. The fraction of sp³-hybridized carbons (Fsp3) is 0.174. The summed E-state index contributed by atoms with van der Waals surface area (Å²) in [4.78, 5) is 12.8. The molecule has 0 heterocycles. The second-order valence-corrected chi connectivity index (χ2v) is 9.80. The zero-order valence-corrected chi connectivity index (χ0v) is 19.2. The Labute approximate surface area is 192 Å². The SMILES string of the molecule is CC(CNC(=O)CN(c1cc(Cl)cc(Cl)c1)S(=O)(=O)c1ccccc1)c1ccccc1. The molecule has 5 nitrogen and oxygen atoms in total. The minimum atomic E-state index is -4.02. The van der Waals surface area contributed by atoms with Crippen molar-refractivity contribution in [1.82, 2.24) is 5.32 Å². The van der Waals surface area contributed by atoms with Crippen molar-refractivity contribution in [2.24, 2.45) is 0 Å². The van der Waals surface area contributed by atoms with E-state index in [1.165, 1.54) is 30.3 Å². The molecule has 1 atom stereocenters. The van der Waals surface area contributed by atoms with Crippen LogP contribution in [0.3, 0.4) is 0 Å². The van der Waals surface area contributed by atoms with E-state index in [9.17, 15) is 13.2 Å². The monoisotopic (exact) mass is 476 g/mol. The van der Waals surface area contributed by atoms with Gasteiger partial charge < -0.3 is 5.32 Å². The van der Waals surface area contributed by atoms with Gasteiger partial charge in [-0.25, -0.2) is 8.42 Å². The van der Waals surface area contributed by atoms with Gasteiger partial charge in [-0.2, -0.15) is 0 Å². The maximum Gasteiger partial charge on any atom is 0.264 e. The number of hydrogen-bond donors (Lipinski definition) is 1. The Bertz CT molecular complexity index is 1120. The quantitative estimate of drug-likeness (QED) is 0.491. The summed E-state index contributed by atoms with van der Waals surface area (Å²) in [5.41, 5.74) is 1.30. The smallest absolute Gasteiger partial charge is 0.264 e. The second-order valence-electron chi connectivity index (χ2n) is 7.07. The molecule has 1 unspecified atom stereocenters. The minimum Gasteiger partial charge on any atom is -0.354 e. The lowest BCUT2D eigenvalue weighted by Crippen LogP contribution is -2.41. The van der Waals surface area contributed by atoms with Gasteiger partial charge >= 0.3 is 0 Å². The summed E-state index contributed by atoms with van der Waals surface area (Å²) >= 11 is 12.2. The summed E-state index contributed by atoms with van der Waals surface area (Å²) in [6.45, 7) is 1.96. The highest BCUT2D eigenvalue weighted by Gasteiger charge is 2.27. The first-order valence-corrected chi connectivity index (χ1v) is 11.8. The lowest BCUT2D eigenvalue weighted by Gasteiger charge is -2.25. The highest BCUT2D eigenvalue weighted by atomic mass is 35.5. The Hall–Kier alpha value is -2.54. The van der Waals surface area contributed by atoms with Gasteiger partial charge in [0.05, 0.1) is 10.6 Å². The zero-order chi connectivity index (χ0) is 22.4. The number of benzene rings is 3. The van der Waals surface area contributed by atoms with E-state index in [-0.39, 0.29) is 26.5 Å². The van der Waals surface area contributed by atoms with Gasteiger partial charge in [0.2, 0.25) is 5.91 Å². The maximum absolute atomic E-state index is 13.3. The third kappa shape index (κ3) is 6.00. The number of carbonyl (C=O) groups excluding carboxylic acids is 1. The molecule has 31 heavy (non-hydrogen) atoms. The summed E-state index contributed by atoms with van der Waals surface area (Å²) in [7, 11) is -4.02. The van der Waals surface area contributed by atoms with Crippen LogP contribution in [0, 0.1) is 0 Å². The fourth-order valence-corrected chi connectivity index (χ4v) is 5.01. The fourth-order valence-electron chi connectivity index (χ4n) is 3.07. The molecule has 0 aliphatic rings. The number of amides is 1. The van der Waals surface area contributed by atoms with Crippen molar-refractivity contribution in [2.45, 2.75) is 17.7 Å². The van der Waals surface area contributed by atoms with Crippen molar-refractivity contribution in [1.29, 1.82) is 0 Å².